The Labute approximate surface area is 107 Å². The minimum absolute atomic E-state index is 0.0932. The number of aromatic nitrogens is 1. The smallest absolute Gasteiger partial charge is 0.354 e. The first-order valence-electron chi connectivity index (χ1n) is 6.65. The monoisotopic (exact) mass is 248 g/mol. The number of pyridine rings is 1. The quantitative estimate of drug-likeness (QED) is 0.859. The molecule has 2 N–H and O–H groups in total. The maximum Gasteiger partial charge on any atom is 0.354 e. The second kappa shape index (κ2) is 5.85. The van der Waals surface area contributed by atoms with Crippen molar-refractivity contribution in [2.24, 2.45) is 5.92 Å². The molecule has 1 aliphatic carbocycles. The number of carboxylic acid groups (broad SMARTS) is 1. The molecule has 1 aromatic heterocycles. The Bertz CT molecular complexity index is 403. The van der Waals surface area contributed by atoms with E-state index in [2.05, 4.69) is 17.2 Å². The first kappa shape index (κ1) is 12.9. The number of rotatable bonds is 4. The van der Waals surface area contributed by atoms with Crippen molar-refractivity contribution in [1.29, 1.82) is 0 Å². The summed E-state index contributed by atoms with van der Waals surface area (Å²) in [5.74, 6) is -0.159. The summed E-state index contributed by atoms with van der Waals surface area (Å²) >= 11 is 0. The highest BCUT2D eigenvalue weighted by atomic mass is 16.4. The van der Waals surface area contributed by atoms with Gasteiger partial charge in [-0.3, -0.25) is 0 Å². The Morgan fingerprint density at radius 1 is 1.50 bits per heavy atom. The molecular weight excluding hydrogens is 228 g/mol. The van der Waals surface area contributed by atoms with Crippen LogP contribution >= 0.6 is 0 Å². The summed E-state index contributed by atoms with van der Waals surface area (Å²) in [7, 11) is 0. The number of nitrogens with zero attached hydrogens (tertiary/aromatic N) is 1. The summed E-state index contributed by atoms with van der Waals surface area (Å²) in [6, 6.07) is 3.85. The molecule has 2 atom stereocenters. The van der Waals surface area contributed by atoms with Crippen LogP contribution in [0.2, 0.25) is 0 Å². The van der Waals surface area contributed by atoms with Gasteiger partial charge in [-0.25, -0.2) is 9.78 Å². The molecule has 0 spiro atoms. The van der Waals surface area contributed by atoms with E-state index in [1.54, 1.807) is 18.3 Å². The van der Waals surface area contributed by atoms with E-state index in [1.165, 1.54) is 32.1 Å². The molecule has 0 bridgehead atoms. The van der Waals surface area contributed by atoms with Gasteiger partial charge in [0.25, 0.3) is 0 Å². The average Bonchev–Trinajstić information content (AvgIpc) is 2.39. The second-order valence-corrected chi connectivity index (χ2v) is 5.02. The van der Waals surface area contributed by atoms with Crippen molar-refractivity contribution in [3.63, 3.8) is 0 Å². The maximum atomic E-state index is 10.7. The fourth-order valence-corrected chi connectivity index (χ4v) is 2.63. The number of carbonyl (C=O) groups is 1. The molecule has 18 heavy (non-hydrogen) atoms. The normalized spacial score (nSPS) is 23.6. The van der Waals surface area contributed by atoms with Gasteiger partial charge in [-0.15, -0.1) is 0 Å². The molecule has 4 nitrogen and oxygen atoms in total. The Balaban J connectivity index is 1.94. The number of carboxylic acids is 1. The van der Waals surface area contributed by atoms with E-state index in [1.807, 2.05) is 0 Å². The van der Waals surface area contributed by atoms with Gasteiger partial charge >= 0.3 is 5.97 Å². The van der Waals surface area contributed by atoms with Crippen LogP contribution in [0.15, 0.2) is 18.3 Å². The zero-order chi connectivity index (χ0) is 13.0. The molecule has 0 amide bonds. The van der Waals surface area contributed by atoms with E-state index >= 15 is 0 Å². The van der Waals surface area contributed by atoms with Crippen molar-refractivity contribution in [1.82, 2.24) is 4.98 Å². The van der Waals surface area contributed by atoms with Crippen molar-refractivity contribution >= 4 is 11.7 Å². The highest BCUT2D eigenvalue weighted by molar-refractivity contribution is 5.85. The van der Waals surface area contributed by atoms with Crippen molar-refractivity contribution in [3.05, 3.63) is 24.0 Å². The highest BCUT2D eigenvalue weighted by Crippen LogP contribution is 2.28. The number of nitrogens with one attached hydrogen (secondary N) is 1. The molecule has 0 saturated heterocycles. The Morgan fingerprint density at radius 2 is 2.33 bits per heavy atom. The molecule has 0 aliphatic heterocycles. The van der Waals surface area contributed by atoms with Gasteiger partial charge < -0.3 is 10.4 Å². The van der Waals surface area contributed by atoms with Crippen LogP contribution in [-0.2, 0) is 0 Å². The zero-order valence-electron chi connectivity index (χ0n) is 10.7. The fourth-order valence-electron chi connectivity index (χ4n) is 2.63. The SMILES string of the molecule is CCC1CCCC(Nc2ccc(C(=O)O)nc2)C1. The van der Waals surface area contributed by atoms with E-state index in [-0.39, 0.29) is 5.69 Å². The molecule has 1 aromatic rings. The summed E-state index contributed by atoms with van der Waals surface area (Å²) in [6.07, 6.45) is 7.86. The number of anilines is 1. The van der Waals surface area contributed by atoms with Crippen LogP contribution in [0, 0.1) is 5.92 Å². The predicted octanol–water partition coefficient (Wildman–Crippen LogP) is 3.16. The third-order valence-electron chi connectivity index (χ3n) is 3.71. The van der Waals surface area contributed by atoms with Crippen molar-refractivity contribution in [3.8, 4) is 0 Å². The van der Waals surface area contributed by atoms with Crippen molar-refractivity contribution in [2.75, 3.05) is 5.32 Å². The van der Waals surface area contributed by atoms with Crippen molar-refractivity contribution in [2.45, 2.75) is 45.1 Å². The molecule has 1 fully saturated rings. The van der Waals surface area contributed by atoms with Gasteiger partial charge in [0.2, 0.25) is 0 Å². The second-order valence-electron chi connectivity index (χ2n) is 5.02. The standard InChI is InChI=1S/C14H20N2O2/c1-2-10-4-3-5-11(8-10)16-12-6-7-13(14(17)18)15-9-12/h6-7,9-11,16H,2-5,8H2,1H3,(H,17,18). The summed E-state index contributed by atoms with van der Waals surface area (Å²) in [5.41, 5.74) is 1.01. The van der Waals surface area contributed by atoms with E-state index in [0.717, 1.165) is 11.6 Å². The molecule has 0 aromatic carbocycles. The lowest BCUT2D eigenvalue weighted by molar-refractivity contribution is 0.0690. The lowest BCUT2D eigenvalue weighted by Gasteiger charge is -2.29. The number of aromatic carboxylic acids is 1. The third-order valence-corrected chi connectivity index (χ3v) is 3.71. The largest absolute Gasteiger partial charge is 0.477 e. The van der Waals surface area contributed by atoms with Crippen LogP contribution in [0.25, 0.3) is 0 Å². The van der Waals surface area contributed by atoms with Gasteiger partial charge in [0.15, 0.2) is 0 Å². The average molecular weight is 248 g/mol. The first-order valence-corrected chi connectivity index (χ1v) is 6.65. The molecular formula is C14H20N2O2. The van der Waals surface area contributed by atoms with Crippen LogP contribution in [0.1, 0.15) is 49.5 Å². The first-order chi connectivity index (χ1) is 8.69. The van der Waals surface area contributed by atoms with Crippen LogP contribution in [0.3, 0.4) is 0 Å². The summed E-state index contributed by atoms with van der Waals surface area (Å²) in [6.45, 7) is 2.25. The van der Waals surface area contributed by atoms with Crippen LogP contribution in [0.4, 0.5) is 5.69 Å². The van der Waals surface area contributed by atoms with Gasteiger partial charge in [0, 0.05) is 6.04 Å². The van der Waals surface area contributed by atoms with Crippen LogP contribution in [0.5, 0.6) is 0 Å². The summed E-state index contributed by atoms with van der Waals surface area (Å²) in [4.78, 5) is 14.6. The number of hydrogen-bond acceptors (Lipinski definition) is 3. The lowest BCUT2D eigenvalue weighted by Crippen LogP contribution is -2.27. The van der Waals surface area contributed by atoms with Gasteiger partial charge in [0.1, 0.15) is 5.69 Å². The van der Waals surface area contributed by atoms with Crippen LogP contribution < -0.4 is 5.32 Å². The molecule has 0 radical (unpaired) electrons. The van der Waals surface area contributed by atoms with Gasteiger partial charge in [-0.05, 0) is 30.9 Å². The highest BCUT2D eigenvalue weighted by Gasteiger charge is 2.20. The van der Waals surface area contributed by atoms with Gasteiger partial charge in [-0.1, -0.05) is 26.2 Å². The Hall–Kier alpha value is -1.58. The van der Waals surface area contributed by atoms with Gasteiger partial charge in [0.05, 0.1) is 11.9 Å². The minimum Gasteiger partial charge on any atom is -0.477 e. The van der Waals surface area contributed by atoms with E-state index < -0.39 is 5.97 Å². The maximum absolute atomic E-state index is 10.7. The van der Waals surface area contributed by atoms with Crippen molar-refractivity contribution < 1.29 is 9.90 Å². The van der Waals surface area contributed by atoms with E-state index in [0.29, 0.717) is 6.04 Å². The zero-order valence-corrected chi connectivity index (χ0v) is 10.7. The van der Waals surface area contributed by atoms with E-state index in [4.69, 9.17) is 5.11 Å². The molecule has 1 aliphatic rings. The molecule has 98 valence electrons. The van der Waals surface area contributed by atoms with Crippen LogP contribution in [-0.4, -0.2) is 22.1 Å². The molecule has 2 unspecified atom stereocenters. The fraction of sp³-hybridized carbons (Fsp3) is 0.571. The topological polar surface area (TPSA) is 62.2 Å². The Kier molecular flexibility index (Phi) is 4.18. The van der Waals surface area contributed by atoms with Gasteiger partial charge in [-0.2, -0.15) is 0 Å². The lowest BCUT2D eigenvalue weighted by atomic mass is 9.84. The summed E-state index contributed by atoms with van der Waals surface area (Å²) < 4.78 is 0. The molecule has 4 heteroatoms. The van der Waals surface area contributed by atoms with E-state index in [9.17, 15) is 4.79 Å². The Morgan fingerprint density at radius 3 is 2.94 bits per heavy atom. The molecule has 1 saturated carbocycles. The summed E-state index contributed by atoms with van der Waals surface area (Å²) in [5, 5.41) is 12.2. The minimum atomic E-state index is -0.981. The molecule has 2 rings (SSSR count). The predicted molar refractivity (Wildman–Crippen MR) is 70.9 cm³/mol. The molecule has 1 heterocycles. The third kappa shape index (κ3) is 3.22. The number of hydrogen-bond donors (Lipinski definition) is 2.